The Morgan fingerprint density at radius 1 is 0.957 bits per heavy atom. The number of hydrogen-bond acceptors (Lipinski definition) is 8. The van der Waals surface area contributed by atoms with Crippen LogP contribution in [0.5, 0.6) is 17.2 Å². The molecule has 2 saturated heterocycles. The summed E-state index contributed by atoms with van der Waals surface area (Å²) in [7, 11) is 0. The molecule has 0 spiro atoms. The molecule has 12 heteroatoms. The molecule has 0 aromatic heterocycles. The average molecular weight is 635 g/mol. The van der Waals surface area contributed by atoms with Crippen LogP contribution in [0.3, 0.4) is 0 Å². The van der Waals surface area contributed by atoms with E-state index in [2.05, 4.69) is 10.6 Å². The van der Waals surface area contributed by atoms with Crippen molar-refractivity contribution in [3.05, 3.63) is 53.6 Å². The third-order valence-corrected chi connectivity index (χ3v) is 8.92. The quantitative estimate of drug-likeness (QED) is 0.473. The van der Waals surface area contributed by atoms with Gasteiger partial charge in [-0.05, 0) is 68.4 Å². The summed E-state index contributed by atoms with van der Waals surface area (Å²) in [6, 6.07) is 11.9. The van der Waals surface area contributed by atoms with Crippen molar-refractivity contribution in [1.82, 2.24) is 20.4 Å². The molecule has 12 nitrogen and oxygen atoms in total. The highest BCUT2D eigenvalue weighted by Gasteiger charge is 2.41. The molecular formula is C34H42N4O8. The largest absolute Gasteiger partial charge is 0.493 e. The van der Waals surface area contributed by atoms with Crippen LogP contribution in [0.1, 0.15) is 48.5 Å². The molecule has 0 radical (unpaired) electrons. The number of nitrogens with zero attached hydrogens (tertiary/aromatic N) is 2. The van der Waals surface area contributed by atoms with E-state index in [1.165, 1.54) is 0 Å². The molecule has 7 rings (SSSR count). The van der Waals surface area contributed by atoms with E-state index in [1.54, 1.807) is 28.0 Å². The van der Waals surface area contributed by atoms with Crippen molar-refractivity contribution in [2.75, 3.05) is 52.6 Å². The van der Waals surface area contributed by atoms with Crippen LogP contribution in [0.2, 0.25) is 0 Å². The normalized spacial score (nSPS) is 22.2. The molecule has 1 aliphatic carbocycles. The summed E-state index contributed by atoms with van der Waals surface area (Å²) in [6.07, 6.45) is 2.89. The predicted molar refractivity (Wildman–Crippen MR) is 166 cm³/mol. The summed E-state index contributed by atoms with van der Waals surface area (Å²) in [5, 5.41) is 5.95. The van der Waals surface area contributed by atoms with Gasteiger partial charge in [0, 0.05) is 50.3 Å². The lowest BCUT2D eigenvalue weighted by Crippen LogP contribution is -2.46. The van der Waals surface area contributed by atoms with E-state index in [4.69, 9.17) is 18.9 Å². The van der Waals surface area contributed by atoms with Crippen LogP contribution in [0.25, 0.3) is 0 Å². The second kappa shape index (κ2) is 14.4. The lowest BCUT2D eigenvalue weighted by molar-refractivity contribution is -0.142. The fourth-order valence-electron chi connectivity index (χ4n) is 6.01. The minimum Gasteiger partial charge on any atom is -0.493 e. The van der Waals surface area contributed by atoms with Gasteiger partial charge >= 0.3 is 0 Å². The molecule has 1 saturated carbocycles. The Hall–Kier alpha value is -4.32. The average Bonchev–Trinajstić information content (AvgIpc) is 3.83. The minimum absolute atomic E-state index is 0.00152. The molecule has 2 atom stereocenters. The lowest BCUT2D eigenvalue weighted by Gasteiger charge is -2.33. The minimum atomic E-state index is -0.494. The van der Waals surface area contributed by atoms with Gasteiger partial charge in [-0.3, -0.25) is 19.2 Å². The summed E-state index contributed by atoms with van der Waals surface area (Å²) in [6.45, 7) is 4.66. The molecule has 246 valence electrons. The topological polar surface area (TPSA) is 136 Å². The van der Waals surface area contributed by atoms with Crippen LogP contribution < -0.4 is 24.8 Å². The van der Waals surface area contributed by atoms with Crippen molar-refractivity contribution >= 4 is 23.6 Å². The van der Waals surface area contributed by atoms with E-state index in [9.17, 15) is 19.2 Å². The maximum Gasteiger partial charge on any atom is 0.258 e. The second-order valence-corrected chi connectivity index (χ2v) is 12.4. The highest BCUT2D eigenvalue weighted by molar-refractivity contribution is 5.95. The van der Waals surface area contributed by atoms with Crippen LogP contribution in [0.4, 0.5) is 0 Å². The summed E-state index contributed by atoms with van der Waals surface area (Å²) in [5.41, 5.74) is 1.21. The zero-order valence-corrected chi connectivity index (χ0v) is 26.2. The number of fused-ring (bicyclic) bond motifs is 7. The van der Waals surface area contributed by atoms with Crippen LogP contribution in [-0.2, 0) is 25.7 Å². The zero-order chi connectivity index (χ0) is 32.0. The fourth-order valence-corrected chi connectivity index (χ4v) is 6.01. The number of piperidine rings is 1. The Balaban J connectivity index is 1.19. The number of nitrogens with one attached hydrogen (secondary N) is 2. The molecular weight excluding hydrogens is 592 g/mol. The molecule has 5 aliphatic rings. The molecule has 3 fully saturated rings. The smallest absolute Gasteiger partial charge is 0.258 e. The Morgan fingerprint density at radius 2 is 1.74 bits per heavy atom. The van der Waals surface area contributed by atoms with E-state index >= 15 is 0 Å². The van der Waals surface area contributed by atoms with Crippen molar-refractivity contribution in [3.63, 3.8) is 0 Å². The molecule has 4 amide bonds. The van der Waals surface area contributed by atoms with E-state index in [0.717, 1.165) is 18.4 Å². The Labute approximate surface area is 268 Å². The molecule has 0 unspecified atom stereocenters. The summed E-state index contributed by atoms with van der Waals surface area (Å²) in [4.78, 5) is 55.8. The van der Waals surface area contributed by atoms with Crippen LogP contribution in [-0.4, -0.2) is 98.2 Å². The van der Waals surface area contributed by atoms with Gasteiger partial charge < -0.3 is 39.4 Å². The fraction of sp³-hybridized carbons (Fsp3) is 0.529. The number of likely N-dealkylation sites (tertiary alicyclic amines) is 2. The molecule has 2 N–H and O–H groups in total. The number of ether oxygens (including phenoxy) is 4. The number of benzene rings is 2. The number of carbonyl (C=O) groups excluding carboxylic acids is 4. The van der Waals surface area contributed by atoms with Crippen molar-refractivity contribution in [1.29, 1.82) is 0 Å². The van der Waals surface area contributed by atoms with Crippen molar-refractivity contribution in [2.24, 2.45) is 11.8 Å². The highest BCUT2D eigenvalue weighted by Crippen LogP contribution is 2.31. The van der Waals surface area contributed by atoms with Crippen molar-refractivity contribution in [3.8, 4) is 17.2 Å². The van der Waals surface area contributed by atoms with E-state index < -0.39 is 12.1 Å². The van der Waals surface area contributed by atoms with Gasteiger partial charge in [0.25, 0.3) is 11.8 Å². The SMILES string of the molecule is CCOCC(=O)N1CCC(C(=O)N2C[C@@H]3NC(=O)c4cc(cc(OCC5CC5)c4)OCC(=O)NCc4ccc(cc4)O[C@H]3C2)CC1. The Morgan fingerprint density at radius 3 is 2.48 bits per heavy atom. The second-order valence-electron chi connectivity index (χ2n) is 12.4. The Bertz CT molecular complexity index is 1420. The zero-order valence-electron chi connectivity index (χ0n) is 26.2. The molecule has 4 heterocycles. The van der Waals surface area contributed by atoms with Crippen LogP contribution >= 0.6 is 0 Å². The highest BCUT2D eigenvalue weighted by atomic mass is 16.5. The molecule has 2 aromatic rings. The maximum atomic E-state index is 13.7. The van der Waals surface area contributed by atoms with E-state index in [-0.39, 0.29) is 49.3 Å². The first-order valence-corrected chi connectivity index (χ1v) is 16.2. The maximum absolute atomic E-state index is 13.7. The van der Waals surface area contributed by atoms with Gasteiger partial charge in [0.2, 0.25) is 11.8 Å². The molecule has 2 aromatic carbocycles. The predicted octanol–water partition coefficient (Wildman–Crippen LogP) is 2.15. The van der Waals surface area contributed by atoms with Gasteiger partial charge in [-0.25, -0.2) is 0 Å². The first-order valence-electron chi connectivity index (χ1n) is 16.2. The van der Waals surface area contributed by atoms with Gasteiger partial charge in [0.05, 0.1) is 19.2 Å². The summed E-state index contributed by atoms with van der Waals surface area (Å²) >= 11 is 0. The first kappa shape index (κ1) is 31.7. The monoisotopic (exact) mass is 634 g/mol. The number of rotatable bonds is 7. The third kappa shape index (κ3) is 8.09. The Kier molecular flexibility index (Phi) is 9.91. The molecule has 4 bridgehead atoms. The van der Waals surface area contributed by atoms with Gasteiger partial charge in [-0.1, -0.05) is 12.1 Å². The van der Waals surface area contributed by atoms with Gasteiger partial charge in [-0.2, -0.15) is 0 Å². The first-order chi connectivity index (χ1) is 22.3. The van der Waals surface area contributed by atoms with Crippen LogP contribution in [0.15, 0.2) is 42.5 Å². The van der Waals surface area contributed by atoms with Gasteiger partial charge in [0.15, 0.2) is 6.61 Å². The van der Waals surface area contributed by atoms with Gasteiger partial charge in [-0.15, -0.1) is 0 Å². The van der Waals surface area contributed by atoms with Gasteiger partial charge in [0.1, 0.15) is 30.0 Å². The molecule has 46 heavy (non-hydrogen) atoms. The van der Waals surface area contributed by atoms with Crippen LogP contribution in [0, 0.1) is 11.8 Å². The number of carbonyl (C=O) groups is 4. The van der Waals surface area contributed by atoms with Crippen molar-refractivity contribution in [2.45, 2.75) is 51.3 Å². The summed E-state index contributed by atoms with van der Waals surface area (Å²) < 4.78 is 23.4. The number of hydrogen-bond donors (Lipinski definition) is 2. The van der Waals surface area contributed by atoms with Crippen molar-refractivity contribution < 1.29 is 38.1 Å². The summed E-state index contributed by atoms with van der Waals surface area (Å²) in [5.74, 6) is 1.03. The van der Waals surface area contributed by atoms with E-state index in [1.807, 2.05) is 31.2 Å². The lowest BCUT2D eigenvalue weighted by atomic mass is 9.95. The standard InChI is InChI=1S/C34H42N4O8/c1-2-43-21-32(40)37-11-9-24(10-12-37)34(42)38-17-29-30(18-38)46-26-7-5-22(6-8-26)16-35-31(39)20-45-28-14-25(33(41)36-29)13-27(15-28)44-19-23-3-4-23/h5-8,13-15,23-24,29-30H,2-4,9-12,16-21H2,1H3,(H,35,39)(H,36,41)/t29-,30-/m0/s1. The molecule has 4 aliphatic heterocycles. The third-order valence-electron chi connectivity index (χ3n) is 8.92. The number of amides is 4. The van der Waals surface area contributed by atoms with E-state index in [0.29, 0.717) is 81.0 Å².